The molecule has 4 nitrogen and oxygen atoms in total. The van der Waals surface area contributed by atoms with Gasteiger partial charge >= 0.3 is 0 Å². The largest absolute Gasteiger partial charge is 0.487 e. The van der Waals surface area contributed by atoms with E-state index in [0.29, 0.717) is 29.4 Å². The molecule has 100 valence electrons. The van der Waals surface area contributed by atoms with Crippen LogP contribution in [0.25, 0.3) is 0 Å². The number of para-hydroxylation sites is 1. The number of rotatable bonds is 6. The van der Waals surface area contributed by atoms with E-state index in [1.807, 2.05) is 13.8 Å². The number of ether oxygens (including phenoxy) is 1. The van der Waals surface area contributed by atoms with Crippen LogP contribution in [-0.4, -0.2) is 25.6 Å². The normalized spacial score (nSPS) is 10.5. The molecule has 0 bridgehead atoms. The molecular formula is C13H19ClN2O2. The number of hydrogen-bond acceptors (Lipinski definition) is 3. The Morgan fingerprint density at radius 2 is 2.17 bits per heavy atom. The Hall–Kier alpha value is -1.26. The van der Waals surface area contributed by atoms with E-state index in [1.165, 1.54) is 0 Å². The van der Waals surface area contributed by atoms with Crippen molar-refractivity contribution in [1.82, 2.24) is 5.32 Å². The summed E-state index contributed by atoms with van der Waals surface area (Å²) >= 11 is 6.07. The van der Waals surface area contributed by atoms with Gasteiger partial charge in [-0.25, -0.2) is 0 Å². The second kappa shape index (κ2) is 7.24. The highest BCUT2D eigenvalue weighted by Crippen LogP contribution is 2.33. The third-order valence-corrected chi connectivity index (χ3v) is 2.49. The molecule has 0 aliphatic carbocycles. The molecule has 1 aromatic rings. The summed E-state index contributed by atoms with van der Waals surface area (Å²) in [5.74, 6) is 0.451. The zero-order chi connectivity index (χ0) is 13.5. The minimum absolute atomic E-state index is 0.00198. The first kappa shape index (κ1) is 14.8. The van der Waals surface area contributed by atoms with E-state index in [1.54, 1.807) is 25.2 Å². The van der Waals surface area contributed by atoms with Crippen molar-refractivity contribution in [1.29, 1.82) is 0 Å². The van der Waals surface area contributed by atoms with E-state index in [2.05, 4.69) is 10.6 Å². The summed E-state index contributed by atoms with van der Waals surface area (Å²) in [5.41, 5.74) is 0.609. The Balaban J connectivity index is 2.81. The first-order valence-electron chi connectivity index (χ1n) is 5.94. The second-order valence-electron chi connectivity index (χ2n) is 4.18. The van der Waals surface area contributed by atoms with Gasteiger partial charge in [-0.3, -0.25) is 4.79 Å². The first-order valence-corrected chi connectivity index (χ1v) is 6.32. The van der Waals surface area contributed by atoms with E-state index in [4.69, 9.17) is 16.3 Å². The highest BCUT2D eigenvalue weighted by Gasteiger charge is 2.12. The highest BCUT2D eigenvalue weighted by atomic mass is 35.5. The van der Waals surface area contributed by atoms with Crippen LogP contribution >= 0.6 is 11.6 Å². The molecule has 0 saturated heterocycles. The second-order valence-corrected chi connectivity index (χ2v) is 4.59. The van der Waals surface area contributed by atoms with Gasteiger partial charge in [0.1, 0.15) is 0 Å². The van der Waals surface area contributed by atoms with Crippen LogP contribution < -0.4 is 15.4 Å². The lowest BCUT2D eigenvalue weighted by molar-refractivity contribution is -0.116. The predicted octanol–water partition coefficient (Wildman–Crippen LogP) is 2.68. The Morgan fingerprint density at radius 1 is 1.44 bits per heavy atom. The molecule has 5 heteroatoms. The van der Waals surface area contributed by atoms with Gasteiger partial charge < -0.3 is 15.4 Å². The molecule has 1 aromatic carbocycles. The fourth-order valence-corrected chi connectivity index (χ4v) is 1.63. The zero-order valence-corrected chi connectivity index (χ0v) is 11.7. The topological polar surface area (TPSA) is 50.4 Å². The van der Waals surface area contributed by atoms with E-state index in [9.17, 15) is 4.79 Å². The zero-order valence-electron chi connectivity index (χ0n) is 10.9. The number of halogens is 1. The minimum atomic E-state index is -0.0692. The van der Waals surface area contributed by atoms with Gasteiger partial charge in [-0.2, -0.15) is 0 Å². The van der Waals surface area contributed by atoms with Crippen molar-refractivity contribution < 1.29 is 9.53 Å². The van der Waals surface area contributed by atoms with Crippen LogP contribution in [0, 0.1) is 0 Å². The Bertz CT molecular complexity index is 408. The van der Waals surface area contributed by atoms with Crippen molar-refractivity contribution in [3.63, 3.8) is 0 Å². The van der Waals surface area contributed by atoms with Gasteiger partial charge in [-0.15, -0.1) is 0 Å². The van der Waals surface area contributed by atoms with Gasteiger partial charge in [-0.05, 0) is 33.0 Å². The first-order chi connectivity index (χ1) is 8.54. The van der Waals surface area contributed by atoms with Gasteiger partial charge in [0.25, 0.3) is 0 Å². The standard InChI is InChI=1S/C13H19ClN2O2/c1-9(2)18-13-10(14)5-4-6-11(13)16-12(17)7-8-15-3/h4-6,9,15H,7-8H2,1-3H3,(H,16,17). The van der Waals surface area contributed by atoms with Crippen LogP contribution in [0.2, 0.25) is 5.02 Å². The molecule has 0 atom stereocenters. The number of hydrogen-bond donors (Lipinski definition) is 2. The van der Waals surface area contributed by atoms with E-state index in [0.717, 1.165) is 0 Å². The van der Waals surface area contributed by atoms with Gasteiger partial charge in [0.2, 0.25) is 5.91 Å². The summed E-state index contributed by atoms with van der Waals surface area (Å²) < 4.78 is 5.62. The number of amides is 1. The average molecular weight is 271 g/mol. The molecule has 0 aliphatic heterocycles. The molecule has 1 rings (SSSR count). The lowest BCUT2D eigenvalue weighted by Crippen LogP contribution is -2.19. The summed E-state index contributed by atoms with van der Waals surface area (Å²) in [4.78, 5) is 11.7. The maximum absolute atomic E-state index is 11.7. The van der Waals surface area contributed by atoms with Gasteiger partial charge in [0.05, 0.1) is 16.8 Å². The minimum Gasteiger partial charge on any atom is -0.487 e. The van der Waals surface area contributed by atoms with Crippen molar-refractivity contribution in [2.45, 2.75) is 26.4 Å². The summed E-state index contributed by atoms with van der Waals surface area (Å²) in [6.45, 7) is 4.46. The molecule has 0 unspecified atom stereocenters. The molecule has 2 N–H and O–H groups in total. The third-order valence-electron chi connectivity index (χ3n) is 2.20. The Labute approximate surface area is 113 Å². The monoisotopic (exact) mass is 270 g/mol. The van der Waals surface area contributed by atoms with E-state index in [-0.39, 0.29) is 12.0 Å². The maximum atomic E-state index is 11.7. The SMILES string of the molecule is CNCCC(=O)Nc1cccc(Cl)c1OC(C)C. The predicted molar refractivity (Wildman–Crippen MR) is 74.4 cm³/mol. The molecule has 0 heterocycles. The fourth-order valence-electron chi connectivity index (χ4n) is 1.41. The summed E-state index contributed by atoms with van der Waals surface area (Å²) in [5, 5.41) is 6.22. The number of carbonyl (C=O) groups excluding carboxylic acids is 1. The Kier molecular flexibility index (Phi) is 5.95. The van der Waals surface area contributed by atoms with Crippen molar-refractivity contribution in [2.24, 2.45) is 0 Å². The number of nitrogens with one attached hydrogen (secondary N) is 2. The number of benzene rings is 1. The van der Waals surface area contributed by atoms with Crippen molar-refractivity contribution in [3.05, 3.63) is 23.2 Å². The molecule has 0 aliphatic rings. The van der Waals surface area contributed by atoms with Crippen LogP contribution in [0.1, 0.15) is 20.3 Å². The Morgan fingerprint density at radius 3 is 2.78 bits per heavy atom. The van der Waals surface area contributed by atoms with Crippen LogP contribution in [-0.2, 0) is 4.79 Å². The molecular weight excluding hydrogens is 252 g/mol. The molecule has 0 spiro atoms. The molecule has 1 amide bonds. The van der Waals surface area contributed by atoms with Crippen LogP contribution in [0.5, 0.6) is 5.75 Å². The number of carbonyl (C=O) groups is 1. The summed E-state index contributed by atoms with van der Waals surface area (Å²) in [7, 11) is 1.81. The van der Waals surface area contributed by atoms with Gasteiger partial charge in [-0.1, -0.05) is 17.7 Å². The summed E-state index contributed by atoms with van der Waals surface area (Å²) in [6.07, 6.45) is 0.405. The van der Waals surface area contributed by atoms with Crippen molar-refractivity contribution >= 4 is 23.2 Å². The lowest BCUT2D eigenvalue weighted by atomic mass is 10.2. The van der Waals surface area contributed by atoms with E-state index < -0.39 is 0 Å². The van der Waals surface area contributed by atoms with Gasteiger partial charge in [0.15, 0.2) is 5.75 Å². The van der Waals surface area contributed by atoms with E-state index >= 15 is 0 Å². The third kappa shape index (κ3) is 4.55. The molecule has 0 aromatic heterocycles. The van der Waals surface area contributed by atoms with Crippen LogP contribution in [0.4, 0.5) is 5.69 Å². The molecule has 0 radical (unpaired) electrons. The maximum Gasteiger partial charge on any atom is 0.225 e. The lowest BCUT2D eigenvalue weighted by Gasteiger charge is -2.16. The van der Waals surface area contributed by atoms with Crippen LogP contribution in [0.15, 0.2) is 18.2 Å². The van der Waals surface area contributed by atoms with Crippen molar-refractivity contribution in [2.75, 3.05) is 18.9 Å². The quantitative estimate of drug-likeness (QED) is 0.836. The highest BCUT2D eigenvalue weighted by molar-refractivity contribution is 6.32. The molecule has 0 saturated carbocycles. The smallest absolute Gasteiger partial charge is 0.225 e. The van der Waals surface area contributed by atoms with Gasteiger partial charge in [0, 0.05) is 13.0 Å². The number of anilines is 1. The molecule has 0 fully saturated rings. The molecule has 18 heavy (non-hydrogen) atoms. The fraction of sp³-hybridized carbons (Fsp3) is 0.462. The van der Waals surface area contributed by atoms with Crippen LogP contribution in [0.3, 0.4) is 0 Å². The van der Waals surface area contributed by atoms with Crippen molar-refractivity contribution in [3.8, 4) is 5.75 Å². The summed E-state index contributed by atoms with van der Waals surface area (Å²) in [6, 6.07) is 5.30. The average Bonchev–Trinajstić information content (AvgIpc) is 2.30.